The van der Waals surface area contributed by atoms with Crippen molar-refractivity contribution in [3.8, 4) is 0 Å². The fourth-order valence-corrected chi connectivity index (χ4v) is 10.1. The highest BCUT2D eigenvalue weighted by Gasteiger charge is 2.63. The molecule has 1 fully saturated rings. The van der Waals surface area contributed by atoms with Crippen molar-refractivity contribution in [2.45, 2.75) is 112 Å². The SMILES string of the molecule is C=C(CC[C@@H](C)C1CC=C2C3=C([C@@H](O)C[C@@]21C(C)=O)[C@@]1(C)C[C@@H](O)[C@H](OI)C(C)(C)C1CC3)C(C)C. The first-order valence-corrected chi connectivity index (χ1v) is 14.9. The number of hydrogen-bond donors (Lipinski definition) is 2. The van der Waals surface area contributed by atoms with Crippen LogP contribution < -0.4 is 0 Å². The average Bonchev–Trinajstić information content (AvgIpc) is 3.17. The van der Waals surface area contributed by atoms with E-state index < -0.39 is 17.6 Å². The smallest absolute Gasteiger partial charge is 0.140 e. The van der Waals surface area contributed by atoms with Crippen LogP contribution in [-0.4, -0.2) is 34.3 Å². The number of ketones is 1. The summed E-state index contributed by atoms with van der Waals surface area (Å²) in [6.07, 6.45) is 6.69. The number of fused-ring (bicyclic) bond motifs is 4. The van der Waals surface area contributed by atoms with Gasteiger partial charge < -0.3 is 13.3 Å². The maximum atomic E-state index is 13.5. The van der Waals surface area contributed by atoms with Crippen molar-refractivity contribution in [1.29, 1.82) is 0 Å². The molecule has 2 N–H and O–H groups in total. The van der Waals surface area contributed by atoms with Gasteiger partial charge in [-0.05, 0) is 103 Å². The number of carbonyl (C=O) groups excluding carboxylic acids is 1. The van der Waals surface area contributed by atoms with Crippen molar-refractivity contribution >= 4 is 28.8 Å². The highest BCUT2D eigenvalue weighted by atomic mass is 127. The fraction of sp³-hybridized carbons (Fsp3) is 0.774. The first kappa shape index (κ1) is 28.5. The number of hydrogen-bond acceptors (Lipinski definition) is 4. The topological polar surface area (TPSA) is 66.8 Å². The standard InChI is InChI=1S/C31H47IO4/c1-17(2)18(3)9-10-19(4)22-12-13-23-21-11-14-26-29(6,7)28(36-32)25(35)15-30(26,8)27(21)24(34)16-31(22,23)20(5)33/h13,17,19,22,24-26,28,34-35H,3,9-12,14-16H2,1-2,4-8H3/t19-,22?,24+,25-,26?,28+,30+,31+/m1/s1. The van der Waals surface area contributed by atoms with Gasteiger partial charge in [0.05, 0.1) is 17.6 Å². The average molecular weight is 611 g/mol. The Hall–Kier alpha value is -0.500. The van der Waals surface area contributed by atoms with Crippen LogP contribution in [0.15, 0.2) is 34.9 Å². The first-order valence-electron chi connectivity index (χ1n) is 14.0. The Morgan fingerprint density at radius 3 is 2.47 bits per heavy atom. The number of Topliss-reactive ketones (excluding diaryl/α,β-unsaturated/α-hetero) is 1. The quantitative estimate of drug-likeness (QED) is 0.238. The molecule has 0 amide bonds. The number of aliphatic hydroxyl groups is 2. The van der Waals surface area contributed by atoms with Gasteiger partial charge in [-0.2, -0.15) is 0 Å². The number of rotatable bonds is 7. The van der Waals surface area contributed by atoms with E-state index in [1.54, 1.807) is 6.92 Å². The zero-order chi connectivity index (χ0) is 26.8. The first-order chi connectivity index (χ1) is 16.7. The third-order valence-electron chi connectivity index (χ3n) is 11.0. The van der Waals surface area contributed by atoms with Crippen molar-refractivity contribution in [3.05, 3.63) is 34.9 Å². The second-order valence-corrected chi connectivity index (χ2v) is 14.0. The Balaban J connectivity index is 1.73. The van der Waals surface area contributed by atoms with Crippen molar-refractivity contribution < 1.29 is 18.1 Å². The van der Waals surface area contributed by atoms with Crippen molar-refractivity contribution in [3.63, 3.8) is 0 Å². The van der Waals surface area contributed by atoms with E-state index in [9.17, 15) is 15.0 Å². The Morgan fingerprint density at radius 1 is 1.22 bits per heavy atom. The number of aliphatic hydroxyl groups excluding tert-OH is 2. The van der Waals surface area contributed by atoms with Gasteiger partial charge in [0.2, 0.25) is 0 Å². The fourth-order valence-electron chi connectivity index (χ4n) is 9.09. The molecule has 0 saturated heterocycles. The van der Waals surface area contributed by atoms with Crippen LogP contribution >= 0.6 is 23.0 Å². The molecule has 0 aromatic heterocycles. The minimum atomic E-state index is -0.660. The summed E-state index contributed by atoms with van der Waals surface area (Å²) in [5.74, 6) is 1.56. The van der Waals surface area contributed by atoms with Gasteiger partial charge in [-0.1, -0.05) is 59.8 Å². The molecule has 0 heterocycles. The van der Waals surface area contributed by atoms with Crippen LogP contribution in [0.4, 0.5) is 0 Å². The minimum absolute atomic E-state index is 0.200. The molecule has 0 aromatic rings. The molecule has 0 aliphatic heterocycles. The summed E-state index contributed by atoms with van der Waals surface area (Å²) in [4.78, 5) is 13.5. The lowest BCUT2D eigenvalue weighted by Gasteiger charge is -2.61. The summed E-state index contributed by atoms with van der Waals surface area (Å²) in [6.45, 7) is 19.4. The lowest BCUT2D eigenvalue weighted by atomic mass is 9.45. The molecule has 0 bridgehead atoms. The molecule has 36 heavy (non-hydrogen) atoms. The maximum absolute atomic E-state index is 13.5. The van der Waals surface area contributed by atoms with E-state index in [-0.39, 0.29) is 28.6 Å². The monoisotopic (exact) mass is 610 g/mol. The largest absolute Gasteiger partial charge is 0.390 e. The Morgan fingerprint density at radius 2 is 1.89 bits per heavy atom. The normalized spacial score (nSPS) is 40.3. The summed E-state index contributed by atoms with van der Waals surface area (Å²) >= 11 is 1.93. The number of allylic oxidation sites excluding steroid dienone is 4. The van der Waals surface area contributed by atoms with Gasteiger partial charge in [-0.3, -0.25) is 4.79 Å². The summed E-state index contributed by atoms with van der Waals surface area (Å²) in [5.41, 5.74) is 3.66. The van der Waals surface area contributed by atoms with E-state index in [0.717, 1.165) is 37.7 Å². The molecular weight excluding hydrogens is 563 g/mol. The maximum Gasteiger partial charge on any atom is 0.140 e. The molecule has 0 radical (unpaired) electrons. The van der Waals surface area contributed by atoms with E-state index in [1.165, 1.54) is 16.7 Å². The van der Waals surface area contributed by atoms with Gasteiger partial charge in [-0.25, -0.2) is 0 Å². The predicted octanol–water partition coefficient (Wildman–Crippen LogP) is 7.14. The highest BCUT2D eigenvalue weighted by molar-refractivity contribution is 14.1. The molecule has 0 spiro atoms. The lowest BCUT2D eigenvalue weighted by molar-refractivity contribution is -0.140. The van der Waals surface area contributed by atoms with Gasteiger partial charge in [0, 0.05) is 0 Å². The zero-order valence-corrected chi connectivity index (χ0v) is 25.5. The Labute approximate surface area is 232 Å². The van der Waals surface area contributed by atoms with Gasteiger partial charge in [0.1, 0.15) is 34.9 Å². The van der Waals surface area contributed by atoms with Gasteiger partial charge in [0.25, 0.3) is 0 Å². The molecule has 8 atom stereocenters. The van der Waals surface area contributed by atoms with Crippen LogP contribution in [-0.2, 0) is 7.86 Å². The lowest BCUT2D eigenvalue weighted by Crippen LogP contribution is -2.60. The third-order valence-corrected chi connectivity index (χ3v) is 11.6. The molecule has 5 heteroatoms. The minimum Gasteiger partial charge on any atom is -0.390 e. The summed E-state index contributed by atoms with van der Waals surface area (Å²) in [7, 11) is 0. The van der Waals surface area contributed by atoms with Crippen LogP contribution in [0.1, 0.15) is 93.4 Å². The molecule has 0 aromatic carbocycles. The zero-order valence-electron chi connectivity index (χ0n) is 23.4. The predicted molar refractivity (Wildman–Crippen MR) is 153 cm³/mol. The van der Waals surface area contributed by atoms with Gasteiger partial charge in [-0.15, -0.1) is 0 Å². The number of carbonyl (C=O) groups is 1. The van der Waals surface area contributed by atoms with E-state index in [2.05, 4.69) is 54.2 Å². The van der Waals surface area contributed by atoms with Crippen molar-refractivity contribution in [2.75, 3.05) is 0 Å². The molecule has 4 rings (SSSR count). The van der Waals surface area contributed by atoms with Crippen molar-refractivity contribution in [2.24, 2.45) is 39.9 Å². The molecule has 2 unspecified atom stereocenters. The molecular formula is C31H47IO4. The summed E-state index contributed by atoms with van der Waals surface area (Å²) in [6, 6.07) is 0. The van der Waals surface area contributed by atoms with E-state index >= 15 is 0 Å². The van der Waals surface area contributed by atoms with Crippen LogP contribution in [0.25, 0.3) is 0 Å². The summed E-state index contributed by atoms with van der Waals surface area (Å²) in [5, 5.41) is 23.0. The second kappa shape index (κ2) is 9.91. The molecule has 4 aliphatic rings. The molecule has 4 nitrogen and oxygen atoms in total. The third kappa shape index (κ3) is 4.14. The van der Waals surface area contributed by atoms with Crippen LogP contribution in [0.3, 0.4) is 0 Å². The number of halogens is 1. The van der Waals surface area contributed by atoms with E-state index in [0.29, 0.717) is 30.6 Å². The highest BCUT2D eigenvalue weighted by Crippen LogP contribution is 2.67. The van der Waals surface area contributed by atoms with Gasteiger partial charge >= 0.3 is 0 Å². The Bertz CT molecular complexity index is 977. The molecule has 4 aliphatic carbocycles. The molecule has 202 valence electrons. The second-order valence-electron chi connectivity index (χ2n) is 13.5. The van der Waals surface area contributed by atoms with Crippen LogP contribution in [0, 0.1) is 39.9 Å². The van der Waals surface area contributed by atoms with E-state index in [4.69, 9.17) is 3.07 Å². The van der Waals surface area contributed by atoms with Crippen LogP contribution in [0.2, 0.25) is 0 Å². The van der Waals surface area contributed by atoms with Gasteiger partial charge in [0.15, 0.2) is 0 Å². The van der Waals surface area contributed by atoms with E-state index in [1.807, 2.05) is 23.0 Å². The van der Waals surface area contributed by atoms with Crippen LogP contribution in [0.5, 0.6) is 0 Å². The molecule has 1 saturated carbocycles. The Kier molecular flexibility index (Phi) is 7.85. The van der Waals surface area contributed by atoms with Crippen molar-refractivity contribution in [1.82, 2.24) is 0 Å². The summed E-state index contributed by atoms with van der Waals surface area (Å²) < 4.78 is 5.77.